The van der Waals surface area contributed by atoms with Crippen molar-refractivity contribution in [1.82, 2.24) is 0 Å². The number of carboxylic acids is 3. The molecule has 0 aliphatic carbocycles. The van der Waals surface area contributed by atoms with Gasteiger partial charge in [-0.05, 0) is 0 Å². The molecule has 0 atom stereocenters. The monoisotopic (exact) mass is 274 g/mol. The molecule has 0 saturated carbocycles. The fourth-order valence-corrected chi connectivity index (χ4v) is 0.714. The molecule has 0 spiro atoms. The average Bonchev–Trinajstić information content (AvgIpc) is 1.82. The Morgan fingerprint density at radius 1 is 0.933 bits per heavy atom. The van der Waals surface area contributed by atoms with E-state index in [2.05, 4.69) is 0 Å². The fourth-order valence-electron chi connectivity index (χ4n) is 0.714. The third-order valence-electron chi connectivity index (χ3n) is 1.29. The van der Waals surface area contributed by atoms with Crippen molar-refractivity contribution in [1.29, 1.82) is 0 Å². The number of carbonyl (C=O) groups is 3. The molecule has 0 saturated heterocycles. The van der Waals surface area contributed by atoms with Crippen LogP contribution in [0.2, 0.25) is 0 Å². The van der Waals surface area contributed by atoms with Crippen LogP contribution in [-0.2, 0) is 31.5 Å². The number of hydrogen-bond donors (Lipinski definition) is 4. The van der Waals surface area contributed by atoms with E-state index in [9.17, 15) is 14.4 Å². The maximum absolute atomic E-state index is 10.3. The minimum absolute atomic E-state index is 0. The first-order valence-corrected chi connectivity index (χ1v) is 3.17. The molecule has 0 bridgehead atoms. The Hall–Kier alpha value is -0.344. The second-order valence-electron chi connectivity index (χ2n) is 2.48. The fraction of sp³-hybridized carbons (Fsp3) is 0.500. The number of hydrogen-bond acceptors (Lipinski definition) is 4. The summed E-state index contributed by atoms with van der Waals surface area (Å²) in [4.78, 5) is 30.5. The van der Waals surface area contributed by atoms with Gasteiger partial charge in [0.2, 0.25) is 0 Å². The van der Waals surface area contributed by atoms with Crippen molar-refractivity contribution in [3.8, 4) is 0 Å². The van der Waals surface area contributed by atoms with Crippen LogP contribution in [0.4, 0.5) is 0 Å². The molecule has 0 amide bonds. The van der Waals surface area contributed by atoms with Crippen molar-refractivity contribution in [2.45, 2.75) is 18.4 Å². The summed E-state index contributed by atoms with van der Waals surface area (Å²) in [5, 5.41) is 33.8. The minimum atomic E-state index is -2.74. The van der Waals surface area contributed by atoms with Crippen molar-refractivity contribution in [2.24, 2.45) is 0 Å². The number of aliphatic carboxylic acids is 3. The zero-order chi connectivity index (χ0) is 10.6. The Morgan fingerprint density at radius 3 is 1.33 bits per heavy atom. The van der Waals surface area contributed by atoms with E-state index in [4.69, 9.17) is 20.4 Å². The van der Waals surface area contributed by atoms with Gasteiger partial charge in [0, 0.05) is 17.1 Å². The molecule has 7 nitrogen and oxygen atoms in total. The largest absolute Gasteiger partial charge is 0.481 e. The van der Waals surface area contributed by atoms with Gasteiger partial charge >= 0.3 is 41.0 Å². The molecule has 0 radical (unpaired) electrons. The summed E-state index contributed by atoms with van der Waals surface area (Å²) in [5.41, 5.74) is -2.74. The molecule has 0 unspecified atom stereocenters. The summed E-state index contributed by atoms with van der Waals surface area (Å²) >= 11 is 0. The predicted molar refractivity (Wildman–Crippen MR) is 45.6 cm³/mol. The summed E-state index contributed by atoms with van der Waals surface area (Å²) < 4.78 is 0. The summed E-state index contributed by atoms with van der Waals surface area (Å²) in [6.45, 7) is 0. The molecular formula is C6H10FeMgO7. The molecule has 0 aliphatic rings. The molecule has 0 aromatic carbocycles. The van der Waals surface area contributed by atoms with Crippen LogP contribution >= 0.6 is 0 Å². The SMILES string of the molecule is O=C(O)CC(O)(CC(=O)O)C(=O)O.[Fe].[MgH2]. The molecule has 0 rings (SSSR count). The van der Waals surface area contributed by atoms with E-state index >= 15 is 0 Å². The Labute approximate surface area is 111 Å². The number of aliphatic hydroxyl groups is 1. The minimum Gasteiger partial charge on any atom is -0.481 e. The molecule has 9 heteroatoms. The normalized spacial score (nSPS) is 9.40. The summed E-state index contributed by atoms with van der Waals surface area (Å²) in [6.07, 6.45) is -2.29. The predicted octanol–water partition coefficient (Wildman–Crippen LogP) is -2.17. The molecular weight excluding hydrogens is 264 g/mol. The van der Waals surface area contributed by atoms with Gasteiger partial charge in [0.1, 0.15) is 0 Å². The van der Waals surface area contributed by atoms with Crippen LogP contribution in [0.25, 0.3) is 0 Å². The van der Waals surface area contributed by atoms with Gasteiger partial charge in [-0.3, -0.25) is 9.59 Å². The quantitative estimate of drug-likeness (QED) is 0.419. The van der Waals surface area contributed by atoms with E-state index in [1.807, 2.05) is 0 Å². The standard InChI is InChI=1S/C6H8O7.Fe.Mg.2H/c7-3(8)1-6(13,5(11)12)2-4(9)10;;;;/h13H,1-2H2,(H,7,8)(H,9,10)(H,11,12);;;;. The second kappa shape index (κ2) is 7.88. The molecule has 0 heterocycles. The Kier molecular flexibility index (Phi) is 10.6. The number of carboxylic acid groups (broad SMARTS) is 3. The van der Waals surface area contributed by atoms with Crippen molar-refractivity contribution in [3.63, 3.8) is 0 Å². The Bertz CT molecular complexity index is 238. The van der Waals surface area contributed by atoms with Crippen LogP contribution in [0.5, 0.6) is 0 Å². The van der Waals surface area contributed by atoms with Crippen LogP contribution < -0.4 is 0 Å². The number of rotatable bonds is 5. The summed E-state index contributed by atoms with van der Waals surface area (Å²) in [5.74, 6) is -5.02. The van der Waals surface area contributed by atoms with E-state index in [0.29, 0.717) is 0 Å². The first kappa shape index (κ1) is 20.1. The smallest absolute Gasteiger partial charge is 0.336 e. The third kappa shape index (κ3) is 7.57. The van der Waals surface area contributed by atoms with Gasteiger partial charge in [-0.25, -0.2) is 4.79 Å². The maximum Gasteiger partial charge on any atom is 0.336 e. The molecule has 4 N–H and O–H groups in total. The van der Waals surface area contributed by atoms with Crippen LogP contribution in [0.3, 0.4) is 0 Å². The maximum atomic E-state index is 10.3. The van der Waals surface area contributed by atoms with E-state index in [1.165, 1.54) is 0 Å². The van der Waals surface area contributed by atoms with Gasteiger partial charge in [0.25, 0.3) is 0 Å². The van der Waals surface area contributed by atoms with Gasteiger partial charge in [-0.1, -0.05) is 0 Å². The Morgan fingerprint density at radius 2 is 1.20 bits per heavy atom. The van der Waals surface area contributed by atoms with E-state index in [1.54, 1.807) is 0 Å². The molecule has 0 aromatic rings. The summed E-state index contributed by atoms with van der Waals surface area (Å²) in [7, 11) is 0. The molecule has 0 fully saturated rings. The van der Waals surface area contributed by atoms with Crippen LogP contribution in [0, 0.1) is 0 Å². The van der Waals surface area contributed by atoms with Gasteiger partial charge < -0.3 is 20.4 Å². The zero-order valence-corrected chi connectivity index (χ0v) is 7.89. The first-order chi connectivity index (χ1) is 5.78. The molecule has 0 aromatic heterocycles. The van der Waals surface area contributed by atoms with E-state index in [-0.39, 0.29) is 40.1 Å². The van der Waals surface area contributed by atoms with Crippen LogP contribution in [0.15, 0.2) is 0 Å². The van der Waals surface area contributed by atoms with Crippen molar-refractivity contribution in [2.75, 3.05) is 0 Å². The second-order valence-corrected chi connectivity index (χ2v) is 2.48. The van der Waals surface area contributed by atoms with Gasteiger partial charge in [-0.15, -0.1) is 0 Å². The van der Waals surface area contributed by atoms with Crippen LogP contribution in [-0.4, -0.2) is 67.0 Å². The van der Waals surface area contributed by atoms with E-state index in [0.717, 1.165) is 0 Å². The summed E-state index contributed by atoms with van der Waals surface area (Å²) in [6, 6.07) is 0. The van der Waals surface area contributed by atoms with Crippen molar-refractivity contribution >= 4 is 41.0 Å². The van der Waals surface area contributed by atoms with E-state index < -0.39 is 36.4 Å². The Balaban J connectivity index is -0.000000720. The average molecular weight is 274 g/mol. The van der Waals surface area contributed by atoms with Crippen molar-refractivity contribution < 1.29 is 51.9 Å². The molecule has 86 valence electrons. The zero-order valence-electron chi connectivity index (χ0n) is 6.78. The van der Waals surface area contributed by atoms with Gasteiger partial charge in [0.05, 0.1) is 12.8 Å². The van der Waals surface area contributed by atoms with Crippen molar-refractivity contribution in [3.05, 3.63) is 0 Å². The van der Waals surface area contributed by atoms with Crippen LogP contribution in [0.1, 0.15) is 12.8 Å². The topological polar surface area (TPSA) is 132 Å². The first-order valence-electron chi connectivity index (χ1n) is 3.17. The third-order valence-corrected chi connectivity index (χ3v) is 1.29. The van der Waals surface area contributed by atoms with Gasteiger partial charge in [0.15, 0.2) is 5.60 Å². The molecule has 0 aliphatic heterocycles. The molecule has 15 heavy (non-hydrogen) atoms. The van der Waals surface area contributed by atoms with Gasteiger partial charge in [-0.2, -0.15) is 0 Å².